The first-order chi connectivity index (χ1) is 13.4. The summed E-state index contributed by atoms with van der Waals surface area (Å²) in [6, 6.07) is 13.3. The van der Waals surface area contributed by atoms with E-state index in [1.165, 1.54) is 0 Å². The van der Waals surface area contributed by atoms with Crippen molar-refractivity contribution in [3.63, 3.8) is 0 Å². The van der Waals surface area contributed by atoms with E-state index >= 15 is 0 Å². The van der Waals surface area contributed by atoms with Crippen molar-refractivity contribution in [2.45, 2.75) is 0 Å². The van der Waals surface area contributed by atoms with E-state index in [0.29, 0.717) is 32.9 Å². The van der Waals surface area contributed by atoms with Crippen LogP contribution >= 0.6 is 0 Å². The van der Waals surface area contributed by atoms with E-state index in [0.717, 1.165) is 21.5 Å². The van der Waals surface area contributed by atoms with E-state index in [-0.39, 0.29) is 11.1 Å². The Labute approximate surface area is 157 Å². The van der Waals surface area contributed by atoms with Crippen LogP contribution in [0.25, 0.3) is 43.1 Å². The standard InChI is InChI=1S/C22H14N2O4/c23-15-3-1-9-5-11(21(25)26)7-13-14-8-12(22(27)28)6-10-2-4-16(24)20(18(10)14)19(15)17(9)13/h1-8H,23-24H2,(H,25,26)(H,27,28). The normalized spacial score (nSPS) is 11.7. The van der Waals surface area contributed by atoms with Gasteiger partial charge < -0.3 is 21.7 Å². The molecule has 0 aliphatic rings. The van der Waals surface area contributed by atoms with Gasteiger partial charge in [0, 0.05) is 22.1 Å². The Kier molecular flexibility index (Phi) is 3.02. The molecule has 136 valence electrons. The van der Waals surface area contributed by atoms with Gasteiger partial charge in [-0.15, -0.1) is 0 Å². The monoisotopic (exact) mass is 370 g/mol. The maximum atomic E-state index is 11.7. The lowest BCUT2D eigenvalue weighted by Crippen LogP contribution is -2.01. The topological polar surface area (TPSA) is 127 Å². The van der Waals surface area contributed by atoms with Crippen LogP contribution < -0.4 is 11.5 Å². The first-order valence-electron chi connectivity index (χ1n) is 8.56. The lowest BCUT2D eigenvalue weighted by molar-refractivity contribution is 0.0686. The van der Waals surface area contributed by atoms with Gasteiger partial charge >= 0.3 is 11.9 Å². The molecule has 5 aromatic carbocycles. The second-order valence-corrected chi connectivity index (χ2v) is 6.91. The van der Waals surface area contributed by atoms with Crippen LogP contribution in [0.1, 0.15) is 20.7 Å². The van der Waals surface area contributed by atoms with Gasteiger partial charge in [-0.2, -0.15) is 0 Å². The first-order valence-corrected chi connectivity index (χ1v) is 8.56. The fourth-order valence-corrected chi connectivity index (χ4v) is 4.17. The van der Waals surface area contributed by atoms with E-state index in [9.17, 15) is 19.8 Å². The number of carboxylic acids is 2. The minimum absolute atomic E-state index is 0.124. The van der Waals surface area contributed by atoms with Crippen molar-refractivity contribution in [2.75, 3.05) is 11.5 Å². The summed E-state index contributed by atoms with van der Waals surface area (Å²) in [7, 11) is 0. The molecule has 28 heavy (non-hydrogen) atoms. The molecule has 6 heteroatoms. The highest BCUT2D eigenvalue weighted by atomic mass is 16.4. The number of hydrogen-bond acceptors (Lipinski definition) is 4. The van der Waals surface area contributed by atoms with Crippen molar-refractivity contribution in [1.82, 2.24) is 0 Å². The lowest BCUT2D eigenvalue weighted by atomic mass is 9.86. The molecule has 0 bridgehead atoms. The Morgan fingerprint density at radius 1 is 0.607 bits per heavy atom. The number of benzene rings is 5. The van der Waals surface area contributed by atoms with Gasteiger partial charge in [0.25, 0.3) is 0 Å². The average Bonchev–Trinajstić information content (AvgIpc) is 2.67. The highest BCUT2D eigenvalue weighted by Crippen LogP contribution is 2.45. The minimum atomic E-state index is -1.06. The third-order valence-electron chi connectivity index (χ3n) is 5.33. The molecule has 0 saturated carbocycles. The van der Waals surface area contributed by atoms with Crippen molar-refractivity contribution < 1.29 is 19.8 Å². The molecule has 0 fully saturated rings. The number of nitrogen functional groups attached to an aromatic ring is 2. The van der Waals surface area contributed by atoms with Crippen molar-refractivity contribution in [2.24, 2.45) is 0 Å². The molecule has 0 aromatic heterocycles. The Hall–Kier alpha value is -4.06. The van der Waals surface area contributed by atoms with Gasteiger partial charge in [-0.05, 0) is 68.7 Å². The first kappa shape index (κ1) is 16.1. The molecule has 0 radical (unpaired) electrons. The summed E-state index contributed by atoms with van der Waals surface area (Å²) >= 11 is 0. The predicted molar refractivity (Wildman–Crippen MR) is 110 cm³/mol. The summed E-state index contributed by atoms with van der Waals surface area (Å²) in [4.78, 5) is 23.3. The van der Waals surface area contributed by atoms with E-state index in [1.807, 2.05) is 0 Å². The Morgan fingerprint density at radius 2 is 1.00 bits per heavy atom. The van der Waals surface area contributed by atoms with Crippen molar-refractivity contribution in [3.05, 3.63) is 59.7 Å². The zero-order chi connectivity index (χ0) is 19.7. The zero-order valence-electron chi connectivity index (χ0n) is 14.5. The van der Waals surface area contributed by atoms with Gasteiger partial charge in [-0.1, -0.05) is 12.1 Å². The summed E-state index contributed by atoms with van der Waals surface area (Å²) in [6.07, 6.45) is 0. The molecule has 0 unspecified atom stereocenters. The second kappa shape index (κ2) is 5.23. The predicted octanol–water partition coefficient (Wildman–Crippen LogP) is 4.30. The molecule has 0 spiro atoms. The zero-order valence-corrected chi connectivity index (χ0v) is 14.5. The minimum Gasteiger partial charge on any atom is -0.478 e. The Balaban J connectivity index is 2.22. The van der Waals surface area contributed by atoms with Crippen LogP contribution in [-0.2, 0) is 0 Å². The number of hydrogen-bond donors (Lipinski definition) is 4. The number of fused-ring (bicyclic) bond motifs is 2. The summed E-state index contributed by atoms with van der Waals surface area (Å²) in [6.45, 7) is 0. The van der Waals surface area contributed by atoms with Crippen LogP contribution in [0.5, 0.6) is 0 Å². The third kappa shape index (κ3) is 1.97. The summed E-state index contributed by atoms with van der Waals surface area (Å²) < 4.78 is 0. The van der Waals surface area contributed by atoms with Gasteiger partial charge in [-0.3, -0.25) is 0 Å². The molecule has 6 N–H and O–H groups in total. The number of carboxylic acid groups (broad SMARTS) is 2. The van der Waals surface area contributed by atoms with Crippen molar-refractivity contribution >= 4 is 66.4 Å². The molecule has 0 amide bonds. The fourth-order valence-electron chi connectivity index (χ4n) is 4.17. The van der Waals surface area contributed by atoms with E-state index in [1.54, 1.807) is 48.5 Å². The van der Waals surface area contributed by atoms with E-state index in [2.05, 4.69) is 0 Å². The molecule has 0 saturated heterocycles. The number of nitrogens with two attached hydrogens (primary N) is 2. The molecule has 5 rings (SSSR count). The van der Waals surface area contributed by atoms with Gasteiger partial charge in [0.15, 0.2) is 0 Å². The average molecular weight is 370 g/mol. The molecule has 0 aliphatic carbocycles. The number of aromatic carboxylic acids is 2. The molecule has 0 aliphatic heterocycles. The largest absolute Gasteiger partial charge is 0.478 e. The number of carbonyl (C=O) groups is 2. The molecular weight excluding hydrogens is 356 g/mol. The van der Waals surface area contributed by atoms with Gasteiger partial charge in [0.1, 0.15) is 0 Å². The Bertz CT molecular complexity index is 1370. The molecule has 6 nitrogen and oxygen atoms in total. The summed E-state index contributed by atoms with van der Waals surface area (Å²) in [5.41, 5.74) is 13.9. The fraction of sp³-hybridized carbons (Fsp3) is 0. The smallest absolute Gasteiger partial charge is 0.335 e. The molecular formula is C22H14N2O4. The molecule has 0 atom stereocenters. The van der Waals surface area contributed by atoms with Crippen LogP contribution in [0.2, 0.25) is 0 Å². The van der Waals surface area contributed by atoms with E-state index in [4.69, 9.17) is 11.5 Å². The van der Waals surface area contributed by atoms with Crippen LogP contribution in [0, 0.1) is 0 Å². The van der Waals surface area contributed by atoms with E-state index < -0.39 is 11.9 Å². The van der Waals surface area contributed by atoms with Crippen LogP contribution in [0.3, 0.4) is 0 Å². The van der Waals surface area contributed by atoms with Crippen LogP contribution in [-0.4, -0.2) is 22.2 Å². The third-order valence-corrected chi connectivity index (χ3v) is 5.33. The maximum Gasteiger partial charge on any atom is 0.335 e. The Morgan fingerprint density at radius 3 is 1.36 bits per heavy atom. The molecule has 5 aromatic rings. The van der Waals surface area contributed by atoms with Crippen molar-refractivity contribution in [1.29, 1.82) is 0 Å². The SMILES string of the molecule is Nc1ccc2cc(C(=O)O)cc3c4cc(C(=O)O)cc5ccc(N)c(c1c23)c54. The van der Waals surface area contributed by atoms with Crippen molar-refractivity contribution in [3.8, 4) is 0 Å². The highest BCUT2D eigenvalue weighted by Gasteiger charge is 2.20. The summed E-state index contributed by atoms with van der Waals surface area (Å²) in [5, 5.41) is 24.9. The highest BCUT2D eigenvalue weighted by molar-refractivity contribution is 6.38. The summed E-state index contributed by atoms with van der Waals surface area (Å²) in [5.74, 6) is -2.11. The molecule has 0 heterocycles. The van der Waals surface area contributed by atoms with Gasteiger partial charge in [0.05, 0.1) is 11.1 Å². The maximum absolute atomic E-state index is 11.7. The van der Waals surface area contributed by atoms with Crippen LogP contribution in [0.4, 0.5) is 11.4 Å². The van der Waals surface area contributed by atoms with Gasteiger partial charge in [0.2, 0.25) is 0 Å². The van der Waals surface area contributed by atoms with Crippen LogP contribution in [0.15, 0.2) is 48.5 Å². The lowest BCUT2D eigenvalue weighted by Gasteiger charge is -2.18. The van der Waals surface area contributed by atoms with Gasteiger partial charge in [-0.25, -0.2) is 9.59 Å². The quantitative estimate of drug-likeness (QED) is 0.208. The number of anilines is 2. The second-order valence-electron chi connectivity index (χ2n) is 6.91. The number of rotatable bonds is 2.